The summed E-state index contributed by atoms with van der Waals surface area (Å²) in [7, 11) is 0. The molecule has 234 valence electrons. The Labute approximate surface area is 288 Å². The number of nitrogens with zero attached hydrogens (tertiary/aromatic N) is 5. The summed E-state index contributed by atoms with van der Waals surface area (Å²) in [5, 5.41) is 4.66. The minimum Gasteiger partial charge on any atom is -0.309 e. The van der Waals surface area contributed by atoms with Crippen molar-refractivity contribution in [2.75, 3.05) is 0 Å². The number of hydrogen-bond acceptors (Lipinski definition) is 3. The van der Waals surface area contributed by atoms with Gasteiger partial charge >= 0.3 is 0 Å². The van der Waals surface area contributed by atoms with Crippen molar-refractivity contribution in [2.45, 2.75) is 0 Å². The van der Waals surface area contributed by atoms with Gasteiger partial charge < -0.3 is 4.57 Å². The van der Waals surface area contributed by atoms with Crippen LogP contribution in [0.5, 0.6) is 0 Å². The van der Waals surface area contributed by atoms with Crippen molar-refractivity contribution in [3.05, 3.63) is 176 Å². The molecule has 0 N–H and O–H groups in total. The first-order chi connectivity index (χ1) is 24.8. The molecule has 10 aromatic rings. The van der Waals surface area contributed by atoms with Crippen LogP contribution in [-0.4, -0.2) is 24.1 Å². The fraction of sp³-hybridized carbons (Fsp3) is 0. The van der Waals surface area contributed by atoms with E-state index in [1.54, 1.807) is 0 Å². The van der Waals surface area contributed by atoms with Gasteiger partial charge in [-0.15, -0.1) is 0 Å². The minimum absolute atomic E-state index is 0.683. The van der Waals surface area contributed by atoms with Gasteiger partial charge in [-0.05, 0) is 42.0 Å². The fourth-order valence-electron chi connectivity index (χ4n) is 7.43. The fourth-order valence-corrected chi connectivity index (χ4v) is 7.43. The van der Waals surface area contributed by atoms with Crippen molar-refractivity contribution in [3.8, 4) is 45.1 Å². The average Bonchev–Trinajstić information content (AvgIpc) is 3.71. The Hall–Kier alpha value is -6.85. The van der Waals surface area contributed by atoms with E-state index in [-0.39, 0.29) is 0 Å². The maximum atomic E-state index is 5.21. The highest BCUT2D eigenvalue weighted by Gasteiger charge is 2.21. The van der Waals surface area contributed by atoms with Crippen LogP contribution in [0.3, 0.4) is 0 Å². The number of benzene rings is 6. The van der Waals surface area contributed by atoms with Crippen LogP contribution in [0.25, 0.3) is 88.9 Å². The van der Waals surface area contributed by atoms with Crippen LogP contribution in [0.15, 0.2) is 176 Å². The van der Waals surface area contributed by atoms with Gasteiger partial charge in [0.05, 0.1) is 34.1 Å². The summed E-state index contributed by atoms with van der Waals surface area (Å²) in [5.41, 5.74) is 11.4. The monoisotopic (exact) mass is 639 g/mol. The van der Waals surface area contributed by atoms with Gasteiger partial charge in [0.2, 0.25) is 0 Å². The highest BCUT2D eigenvalue weighted by atomic mass is 15.1. The number of pyridine rings is 1. The zero-order valence-electron chi connectivity index (χ0n) is 27.0. The molecule has 0 radical (unpaired) electrons. The van der Waals surface area contributed by atoms with Crippen molar-refractivity contribution < 1.29 is 0 Å². The second-order valence-corrected chi connectivity index (χ2v) is 12.5. The molecule has 0 unspecified atom stereocenters. The molecule has 0 aliphatic rings. The normalized spacial score (nSPS) is 11.6. The van der Waals surface area contributed by atoms with E-state index in [0.717, 1.165) is 61.3 Å². The molecule has 50 heavy (non-hydrogen) atoms. The van der Waals surface area contributed by atoms with Gasteiger partial charge in [0.25, 0.3) is 0 Å². The van der Waals surface area contributed by atoms with Crippen LogP contribution >= 0.6 is 0 Å². The lowest BCUT2D eigenvalue weighted by Gasteiger charge is -2.15. The molecule has 4 aromatic heterocycles. The van der Waals surface area contributed by atoms with Gasteiger partial charge in [-0.2, -0.15) is 0 Å². The summed E-state index contributed by atoms with van der Waals surface area (Å²) < 4.78 is 4.63. The van der Waals surface area contributed by atoms with E-state index in [4.69, 9.17) is 15.0 Å². The quantitative estimate of drug-likeness (QED) is 0.188. The molecule has 6 aromatic carbocycles. The predicted octanol–water partition coefficient (Wildman–Crippen LogP) is 11.1. The van der Waals surface area contributed by atoms with Crippen LogP contribution in [0.4, 0.5) is 0 Å². The van der Waals surface area contributed by atoms with Gasteiger partial charge in [0.15, 0.2) is 5.82 Å². The third-order valence-corrected chi connectivity index (χ3v) is 9.64. The second-order valence-electron chi connectivity index (χ2n) is 12.5. The highest BCUT2D eigenvalue weighted by Crippen LogP contribution is 2.41. The summed E-state index contributed by atoms with van der Waals surface area (Å²) in [4.78, 5) is 15.1. The maximum Gasteiger partial charge on any atom is 0.159 e. The van der Waals surface area contributed by atoms with Crippen LogP contribution in [0.1, 0.15) is 0 Å². The lowest BCUT2D eigenvalue weighted by molar-refractivity contribution is 1.07. The molecule has 5 heteroatoms. The number of para-hydroxylation sites is 3. The van der Waals surface area contributed by atoms with Gasteiger partial charge in [-0.3, -0.25) is 4.57 Å². The molecule has 10 rings (SSSR count). The van der Waals surface area contributed by atoms with Crippen molar-refractivity contribution in [3.63, 3.8) is 0 Å². The lowest BCUT2D eigenvalue weighted by atomic mass is 10.0. The molecule has 0 atom stereocenters. The SMILES string of the molecule is c1ccc(-c2ncc(-n3c4cc(-c5cccc6c7ccccc7n(-c7ccccc7)c56)ccc4c4cccnc43)c(-c3ccccc3)n2)cc1. The zero-order chi connectivity index (χ0) is 33.0. The van der Waals surface area contributed by atoms with Crippen LogP contribution in [0, 0.1) is 0 Å². The largest absolute Gasteiger partial charge is 0.309 e. The van der Waals surface area contributed by atoms with Crippen molar-refractivity contribution in [1.29, 1.82) is 0 Å². The van der Waals surface area contributed by atoms with Gasteiger partial charge in [0, 0.05) is 50.1 Å². The third kappa shape index (κ3) is 4.37. The second kappa shape index (κ2) is 11.4. The maximum absolute atomic E-state index is 5.21. The number of hydrogen-bond donors (Lipinski definition) is 0. The van der Waals surface area contributed by atoms with E-state index in [1.807, 2.05) is 54.9 Å². The third-order valence-electron chi connectivity index (χ3n) is 9.64. The van der Waals surface area contributed by atoms with Gasteiger partial charge in [-0.1, -0.05) is 127 Å². The Balaban J connectivity index is 1.27. The first-order valence-electron chi connectivity index (χ1n) is 16.8. The first kappa shape index (κ1) is 28.2. The van der Waals surface area contributed by atoms with E-state index in [0.29, 0.717) is 5.82 Å². The van der Waals surface area contributed by atoms with E-state index >= 15 is 0 Å². The minimum atomic E-state index is 0.683. The molecule has 0 saturated heterocycles. The molecule has 0 saturated carbocycles. The Kier molecular flexibility index (Phi) is 6.42. The van der Waals surface area contributed by atoms with E-state index in [2.05, 4.69) is 130 Å². The van der Waals surface area contributed by atoms with E-state index in [9.17, 15) is 0 Å². The Bertz CT molecular complexity index is 2850. The molecule has 0 amide bonds. The summed E-state index contributed by atoms with van der Waals surface area (Å²) >= 11 is 0. The summed E-state index contributed by atoms with van der Waals surface area (Å²) in [6, 6.07) is 57.4. The standard InChI is InChI=1S/C45H29N5/c1-4-14-30(15-5-1)42-41(29-47-44(48-42)31-16-6-2-7-17-31)50-40-28-32(25-26-36(40)38-23-13-27-46-45(38)50)34-21-12-22-37-35-20-10-11-24-39(35)49(43(34)37)33-18-8-3-9-19-33/h1-29H. The van der Waals surface area contributed by atoms with Crippen molar-refractivity contribution in [2.24, 2.45) is 0 Å². The molecular formula is C45H29N5. The predicted molar refractivity (Wildman–Crippen MR) is 205 cm³/mol. The molecule has 0 spiro atoms. The molecule has 0 fully saturated rings. The highest BCUT2D eigenvalue weighted by molar-refractivity contribution is 6.15. The van der Waals surface area contributed by atoms with Gasteiger partial charge in [0.1, 0.15) is 5.65 Å². The number of aromatic nitrogens is 5. The Morgan fingerprint density at radius 2 is 1.12 bits per heavy atom. The van der Waals surface area contributed by atoms with Crippen LogP contribution in [-0.2, 0) is 0 Å². The van der Waals surface area contributed by atoms with Crippen LogP contribution in [0.2, 0.25) is 0 Å². The number of fused-ring (bicyclic) bond motifs is 6. The zero-order valence-corrected chi connectivity index (χ0v) is 27.0. The van der Waals surface area contributed by atoms with E-state index in [1.165, 1.54) is 21.8 Å². The molecule has 5 nitrogen and oxygen atoms in total. The molecule has 0 aliphatic heterocycles. The molecule has 0 aliphatic carbocycles. The van der Waals surface area contributed by atoms with E-state index < -0.39 is 0 Å². The first-order valence-corrected chi connectivity index (χ1v) is 16.8. The molecule has 4 heterocycles. The van der Waals surface area contributed by atoms with Crippen LogP contribution < -0.4 is 0 Å². The van der Waals surface area contributed by atoms with Crippen molar-refractivity contribution in [1.82, 2.24) is 24.1 Å². The average molecular weight is 640 g/mol. The van der Waals surface area contributed by atoms with Crippen molar-refractivity contribution >= 4 is 43.7 Å². The Morgan fingerprint density at radius 3 is 1.94 bits per heavy atom. The lowest BCUT2D eigenvalue weighted by Crippen LogP contribution is -2.03. The van der Waals surface area contributed by atoms with Gasteiger partial charge in [-0.25, -0.2) is 15.0 Å². The molecular weight excluding hydrogens is 611 g/mol. The number of rotatable bonds is 5. The topological polar surface area (TPSA) is 48.5 Å². The summed E-state index contributed by atoms with van der Waals surface area (Å²) in [6.07, 6.45) is 3.81. The Morgan fingerprint density at radius 1 is 0.440 bits per heavy atom. The molecule has 0 bridgehead atoms. The summed E-state index contributed by atoms with van der Waals surface area (Å²) in [5.74, 6) is 0.683. The smallest absolute Gasteiger partial charge is 0.159 e. The summed E-state index contributed by atoms with van der Waals surface area (Å²) in [6.45, 7) is 0.